The van der Waals surface area contributed by atoms with Gasteiger partial charge in [-0.25, -0.2) is 0 Å². The molecule has 0 heterocycles. The molecule has 12 heavy (non-hydrogen) atoms. The van der Waals surface area contributed by atoms with Gasteiger partial charge in [0.25, 0.3) is 0 Å². The van der Waals surface area contributed by atoms with Gasteiger partial charge in [-0.2, -0.15) is 0 Å². The van der Waals surface area contributed by atoms with Crippen molar-refractivity contribution in [1.29, 1.82) is 0 Å². The van der Waals surface area contributed by atoms with Crippen molar-refractivity contribution in [2.45, 2.75) is 39.0 Å². The van der Waals surface area contributed by atoms with Gasteiger partial charge in [-0.15, -0.1) is 12.3 Å². The number of carbonyl (C=O) groups excluding carboxylic acids is 1. The number of carbonyl (C=O) groups is 1. The molecule has 1 aliphatic rings. The van der Waals surface area contributed by atoms with Crippen molar-refractivity contribution in [1.82, 2.24) is 0 Å². The lowest BCUT2D eigenvalue weighted by Gasteiger charge is -2.20. The molecule has 0 aromatic rings. The highest BCUT2D eigenvalue weighted by molar-refractivity contribution is 5.60. The Morgan fingerprint density at radius 1 is 1.75 bits per heavy atom. The van der Waals surface area contributed by atoms with Crippen LogP contribution in [0.2, 0.25) is 0 Å². The molecule has 0 saturated heterocycles. The number of hydrogen-bond acceptors (Lipinski definition) is 1. The zero-order chi connectivity index (χ0) is 9.03. The van der Waals surface area contributed by atoms with Gasteiger partial charge >= 0.3 is 0 Å². The second kappa shape index (κ2) is 3.76. The Hall–Kier alpha value is -0.770. The van der Waals surface area contributed by atoms with E-state index in [1.54, 1.807) is 0 Å². The lowest BCUT2D eigenvalue weighted by atomic mass is 9.82. The van der Waals surface area contributed by atoms with Crippen molar-refractivity contribution in [3.8, 4) is 12.3 Å². The van der Waals surface area contributed by atoms with Crippen molar-refractivity contribution in [2.24, 2.45) is 11.3 Å². The summed E-state index contributed by atoms with van der Waals surface area (Å²) in [5.41, 5.74) is -0.0637. The normalized spacial score (nSPS) is 34.5. The van der Waals surface area contributed by atoms with Crippen molar-refractivity contribution in [3.63, 3.8) is 0 Å². The van der Waals surface area contributed by atoms with Crippen molar-refractivity contribution < 1.29 is 4.79 Å². The van der Waals surface area contributed by atoms with Crippen LogP contribution < -0.4 is 0 Å². The highest BCUT2D eigenvalue weighted by atomic mass is 16.1. The third-order valence-corrected chi connectivity index (χ3v) is 2.91. The largest absolute Gasteiger partial charge is 0.303 e. The van der Waals surface area contributed by atoms with E-state index in [4.69, 9.17) is 6.42 Å². The summed E-state index contributed by atoms with van der Waals surface area (Å²) in [6.45, 7) is 2.21. The van der Waals surface area contributed by atoms with Crippen LogP contribution in [0.3, 0.4) is 0 Å². The first-order chi connectivity index (χ1) is 5.72. The Kier molecular flexibility index (Phi) is 2.92. The van der Waals surface area contributed by atoms with Gasteiger partial charge in [0.05, 0.1) is 0 Å². The summed E-state index contributed by atoms with van der Waals surface area (Å²) in [6.07, 6.45) is 11.2. The maximum Gasteiger partial charge on any atom is 0.126 e. The van der Waals surface area contributed by atoms with E-state index in [-0.39, 0.29) is 5.41 Å². The van der Waals surface area contributed by atoms with E-state index in [0.29, 0.717) is 5.92 Å². The highest BCUT2D eigenvalue weighted by Gasteiger charge is 2.36. The quantitative estimate of drug-likeness (QED) is 0.462. The maximum atomic E-state index is 10.9. The number of terminal acetylenes is 1. The standard InChI is InChI=1S/C11H16O/c1-3-4-6-11(9-12)7-5-10(2)8-11/h1,9-10H,4-8H2,2H3. The Labute approximate surface area is 74.5 Å². The molecular formula is C11H16O. The fourth-order valence-electron chi connectivity index (χ4n) is 2.15. The van der Waals surface area contributed by atoms with E-state index < -0.39 is 0 Å². The van der Waals surface area contributed by atoms with Crippen LogP contribution in [0.4, 0.5) is 0 Å². The molecule has 1 nitrogen and oxygen atoms in total. The molecule has 0 bridgehead atoms. The summed E-state index contributed by atoms with van der Waals surface area (Å²) in [5, 5.41) is 0. The van der Waals surface area contributed by atoms with Crippen LogP contribution in [0.15, 0.2) is 0 Å². The first kappa shape index (κ1) is 9.32. The number of hydrogen-bond donors (Lipinski definition) is 0. The molecule has 2 atom stereocenters. The van der Waals surface area contributed by atoms with Crippen LogP contribution in [-0.2, 0) is 4.79 Å². The van der Waals surface area contributed by atoms with Gasteiger partial charge in [0, 0.05) is 11.8 Å². The van der Waals surface area contributed by atoms with Crippen LogP contribution in [0.1, 0.15) is 39.0 Å². The predicted molar refractivity (Wildman–Crippen MR) is 49.6 cm³/mol. The van der Waals surface area contributed by atoms with E-state index in [9.17, 15) is 4.79 Å². The minimum Gasteiger partial charge on any atom is -0.303 e. The summed E-state index contributed by atoms with van der Waals surface area (Å²) in [7, 11) is 0. The van der Waals surface area contributed by atoms with Gasteiger partial charge in [0.1, 0.15) is 6.29 Å². The minimum atomic E-state index is -0.0637. The van der Waals surface area contributed by atoms with Crippen LogP contribution in [0.5, 0.6) is 0 Å². The molecule has 0 radical (unpaired) electrons. The molecule has 2 unspecified atom stereocenters. The van der Waals surface area contributed by atoms with Gasteiger partial charge in [0.15, 0.2) is 0 Å². The molecule has 66 valence electrons. The SMILES string of the molecule is C#CCCC1(C=O)CCC(C)C1. The minimum absolute atomic E-state index is 0.0637. The second-order valence-corrected chi connectivity index (χ2v) is 4.03. The van der Waals surface area contributed by atoms with E-state index in [1.165, 1.54) is 6.42 Å². The lowest BCUT2D eigenvalue weighted by molar-refractivity contribution is -0.116. The topological polar surface area (TPSA) is 17.1 Å². The van der Waals surface area contributed by atoms with E-state index in [0.717, 1.165) is 32.0 Å². The fraction of sp³-hybridized carbons (Fsp3) is 0.727. The molecular weight excluding hydrogens is 148 g/mol. The van der Waals surface area contributed by atoms with Crippen molar-refractivity contribution >= 4 is 6.29 Å². The summed E-state index contributed by atoms with van der Waals surface area (Å²) >= 11 is 0. The number of aldehydes is 1. The monoisotopic (exact) mass is 164 g/mol. The number of rotatable bonds is 3. The van der Waals surface area contributed by atoms with Crippen LogP contribution >= 0.6 is 0 Å². The summed E-state index contributed by atoms with van der Waals surface area (Å²) in [5.74, 6) is 3.31. The first-order valence-electron chi connectivity index (χ1n) is 4.62. The molecule has 0 aliphatic heterocycles. The molecule has 1 fully saturated rings. The molecule has 1 rings (SSSR count). The maximum absolute atomic E-state index is 10.9. The van der Waals surface area contributed by atoms with Crippen LogP contribution in [0.25, 0.3) is 0 Å². The van der Waals surface area contributed by atoms with Gasteiger partial charge < -0.3 is 4.79 Å². The molecule has 0 N–H and O–H groups in total. The fourth-order valence-corrected chi connectivity index (χ4v) is 2.15. The zero-order valence-corrected chi connectivity index (χ0v) is 7.68. The third kappa shape index (κ3) is 1.88. The van der Waals surface area contributed by atoms with E-state index in [2.05, 4.69) is 12.8 Å². The molecule has 1 saturated carbocycles. The smallest absolute Gasteiger partial charge is 0.126 e. The second-order valence-electron chi connectivity index (χ2n) is 4.03. The van der Waals surface area contributed by atoms with Crippen molar-refractivity contribution in [3.05, 3.63) is 0 Å². The van der Waals surface area contributed by atoms with Gasteiger partial charge in [-0.05, 0) is 31.6 Å². The third-order valence-electron chi connectivity index (χ3n) is 2.91. The molecule has 1 heteroatoms. The van der Waals surface area contributed by atoms with E-state index in [1.807, 2.05) is 0 Å². The molecule has 0 spiro atoms. The molecule has 1 aliphatic carbocycles. The summed E-state index contributed by atoms with van der Waals surface area (Å²) < 4.78 is 0. The van der Waals surface area contributed by atoms with Crippen LogP contribution in [0, 0.1) is 23.7 Å². The molecule has 0 aromatic heterocycles. The average molecular weight is 164 g/mol. The summed E-state index contributed by atoms with van der Waals surface area (Å²) in [4.78, 5) is 10.9. The summed E-state index contributed by atoms with van der Waals surface area (Å²) in [6, 6.07) is 0. The molecule has 0 aromatic carbocycles. The predicted octanol–water partition coefficient (Wildman–Crippen LogP) is 2.41. The Bertz CT molecular complexity index is 202. The first-order valence-corrected chi connectivity index (χ1v) is 4.62. The van der Waals surface area contributed by atoms with Crippen molar-refractivity contribution in [2.75, 3.05) is 0 Å². The Morgan fingerprint density at radius 2 is 2.50 bits per heavy atom. The van der Waals surface area contributed by atoms with E-state index >= 15 is 0 Å². The van der Waals surface area contributed by atoms with Gasteiger partial charge in [0.2, 0.25) is 0 Å². The highest BCUT2D eigenvalue weighted by Crippen LogP contribution is 2.43. The van der Waals surface area contributed by atoms with Gasteiger partial charge in [-0.3, -0.25) is 0 Å². The lowest BCUT2D eigenvalue weighted by Crippen LogP contribution is -2.18. The Balaban J connectivity index is 2.53. The zero-order valence-electron chi connectivity index (χ0n) is 7.68. The average Bonchev–Trinajstić information content (AvgIpc) is 2.45. The molecule has 0 amide bonds. The van der Waals surface area contributed by atoms with Crippen LogP contribution in [-0.4, -0.2) is 6.29 Å². The Morgan fingerprint density at radius 3 is 2.92 bits per heavy atom. The van der Waals surface area contributed by atoms with Gasteiger partial charge in [-0.1, -0.05) is 6.92 Å².